The maximum atomic E-state index is 15.2. The van der Waals surface area contributed by atoms with E-state index >= 15 is 4.79 Å². The average Bonchev–Trinajstić information content (AvgIpc) is 0.694. The maximum absolute atomic E-state index is 15.2. The fourth-order valence-corrected chi connectivity index (χ4v) is 12.0. The molecule has 2 aliphatic rings. The zero-order chi connectivity index (χ0) is 64.1. The highest BCUT2D eigenvalue weighted by molar-refractivity contribution is 6.22. The number of phenolic OH excluding ortho intramolecular Hbond substituents is 1. The highest BCUT2D eigenvalue weighted by atomic mass is 16.6. The molecule has 21 nitrogen and oxygen atoms in total. The van der Waals surface area contributed by atoms with E-state index in [4.69, 9.17) is 42.6 Å². The van der Waals surface area contributed by atoms with E-state index in [-0.39, 0.29) is 141 Å². The number of aliphatic hydroxyl groups is 2. The molecular formula is C64H70O21. The summed E-state index contributed by atoms with van der Waals surface area (Å²) in [6, 6.07) is 0. The Balaban J connectivity index is 1.23. The SMILES string of the molecule is COc1c(C)c(OC(=O)c2c(C)c(C)c(OC(=O)C3=C(C)[C@](C)(O)[C@]4(O)Oc5c(C)c(O)c(C(=O)Oc6c(C)c(C)c(C(=O)Oc7c(C)c(C)c(C(=O)O)c(OC)c7C)c(OC)c6C)c(C)c5C[C@@]4(C)C3=O)c(C)c2OC)c(C)c(C)c1C(=O)O. The van der Waals surface area contributed by atoms with E-state index in [1.807, 2.05) is 0 Å². The smallest absolute Gasteiger partial charge is 0.347 e. The first-order valence-corrected chi connectivity index (χ1v) is 26.7. The van der Waals surface area contributed by atoms with Crippen LogP contribution in [0.2, 0.25) is 0 Å². The number of methoxy groups -OCH3 is 4. The predicted octanol–water partition coefficient (Wildman–Crippen LogP) is 9.68. The number of esters is 4. The molecule has 0 bridgehead atoms. The molecule has 1 heterocycles. The van der Waals surface area contributed by atoms with Crippen LogP contribution < -0.4 is 42.6 Å². The lowest BCUT2D eigenvalue weighted by Crippen LogP contribution is -2.73. The third-order valence-electron chi connectivity index (χ3n) is 17.6. The van der Waals surface area contributed by atoms with Crippen molar-refractivity contribution in [2.24, 2.45) is 5.41 Å². The number of carbonyl (C=O) groups is 7. The number of carboxylic acids is 2. The number of ether oxygens (including phenoxy) is 9. The number of aromatic carboxylic acids is 2. The second-order valence-corrected chi connectivity index (χ2v) is 22.1. The minimum absolute atomic E-state index is 0.00340. The van der Waals surface area contributed by atoms with Gasteiger partial charge in [0.25, 0.3) is 5.79 Å². The van der Waals surface area contributed by atoms with Gasteiger partial charge >= 0.3 is 35.8 Å². The molecule has 0 fully saturated rings. The topological polar surface area (TPSA) is 304 Å². The van der Waals surface area contributed by atoms with E-state index in [2.05, 4.69) is 0 Å². The Morgan fingerprint density at radius 3 is 1.05 bits per heavy atom. The molecular weight excluding hydrogens is 1100 g/mol. The predicted molar refractivity (Wildman–Crippen MR) is 307 cm³/mol. The van der Waals surface area contributed by atoms with Crippen LogP contribution in [0.3, 0.4) is 0 Å². The van der Waals surface area contributed by atoms with Gasteiger partial charge in [-0.2, -0.15) is 0 Å². The Hall–Kier alpha value is -8.95. The van der Waals surface area contributed by atoms with Crippen LogP contribution in [-0.2, 0) is 16.0 Å². The summed E-state index contributed by atoms with van der Waals surface area (Å²) < 4.78 is 52.7. The maximum Gasteiger partial charge on any atom is 0.347 e. The summed E-state index contributed by atoms with van der Waals surface area (Å²) in [5.74, 6) is -11.3. The van der Waals surface area contributed by atoms with Gasteiger partial charge in [0.2, 0.25) is 0 Å². The minimum Gasteiger partial charge on any atom is -0.507 e. The number of hydrogen-bond acceptors (Lipinski definition) is 19. The number of ketones is 1. The van der Waals surface area contributed by atoms with Crippen molar-refractivity contribution >= 4 is 41.6 Å². The molecule has 5 aromatic carbocycles. The zero-order valence-corrected chi connectivity index (χ0v) is 51.5. The number of benzene rings is 5. The Morgan fingerprint density at radius 2 is 0.718 bits per heavy atom. The highest BCUT2D eigenvalue weighted by Gasteiger charge is 2.71. The fraction of sp³-hybridized carbons (Fsp3) is 0.391. The van der Waals surface area contributed by atoms with Crippen LogP contribution in [0.15, 0.2) is 11.1 Å². The normalized spacial score (nSPS) is 17.9. The number of carbonyl (C=O) groups excluding carboxylic acids is 5. The van der Waals surface area contributed by atoms with Crippen LogP contribution >= 0.6 is 0 Å². The van der Waals surface area contributed by atoms with Crippen molar-refractivity contribution in [1.82, 2.24) is 0 Å². The number of Topliss-reactive ketones (excluding diaryl/α,β-unsaturated/α-hetero) is 1. The molecule has 452 valence electrons. The third-order valence-corrected chi connectivity index (χ3v) is 17.6. The van der Waals surface area contributed by atoms with E-state index in [1.165, 1.54) is 70.0 Å². The molecule has 85 heavy (non-hydrogen) atoms. The van der Waals surface area contributed by atoms with Crippen LogP contribution in [-0.4, -0.2) is 107 Å². The first kappa shape index (κ1) is 63.6. The van der Waals surface area contributed by atoms with Crippen molar-refractivity contribution < 1.29 is 102 Å². The molecule has 7 rings (SSSR count). The van der Waals surface area contributed by atoms with Gasteiger partial charge in [-0.25, -0.2) is 28.8 Å². The molecule has 0 amide bonds. The Morgan fingerprint density at radius 1 is 0.412 bits per heavy atom. The van der Waals surface area contributed by atoms with Gasteiger partial charge in [0, 0.05) is 27.8 Å². The van der Waals surface area contributed by atoms with Crippen LogP contribution in [0.1, 0.15) is 156 Å². The Kier molecular flexibility index (Phi) is 16.6. The summed E-state index contributed by atoms with van der Waals surface area (Å²) in [6.07, 6.45) is -0.485. The number of rotatable bonds is 14. The quantitative estimate of drug-likeness (QED) is 0.0392. The Bertz CT molecular complexity index is 3890. The molecule has 0 aromatic heterocycles. The van der Waals surface area contributed by atoms with Gasteiger partial charge in [-0.05, 0) is 185 Å². The summed E-state index contributed by atoms with van der Waals surface area (Å²) in [6.45, 7) is 25.3. The van der Waals surface area contributed by atoms with E-state index < -0.39 is 76.1 Å². The van der Waals surface area contributed by atoms with Crippen molar-refractivity contribution in [3.63, 3.8) is 0 Å². The van der Waals surface area contributed by atoms with Gasteiger partial charge in [-0.15, -0.1) is 0 Å². The molecule has 0 saturated carbocycles. The average molecular weight is 1180 g/mol. The second kappa shape index (κ2) is 22.2. The fourth-order valence-electron chi connectivity index (χ4n) is 12.0. The first-order chi connectivity index (χ1) is 39.4. The molecule has 1 aliphatic carbocycles. The number of carboxylic acid groups (broad SMARTS) is 2. The van der Waals surface area contributed by atoms with Crippen molar-refractivity contribution in [3.8, 4) is 57.5 Å². The lowest BCUT2D eigenvalue weighted by Gasteiger charge is -2.56. The number of aromatic hydroxyl groups is 1. The van der Waals surface area contributed by atoms with Crippen molar-refractivity contribution in [1.29, 1.82) is 0 Å². The van der Waals surface area contributed by atoms with Crippen LogP contribution in [0, 0.1) is 102 Å². The van der Waals surface area contributed by atoms with Crippen LogP contribution in [0.4, 0.5) is 0 Å². The molecule has 0 unspecified atom stereocenters. The van der Waals surface area contributed by atoms with Gasteiger partial charge in [0.15, 0.2) is 5.78 Å². The van der Waals surface area contributed by atoms with Gasteiger partial charge in [-0.3, -0.25) is 4.79 Å². The largest absolute Gasteiger partial charge is 0.507 e. The lowest BCUT2D eigenvalue weighted by atomic mass is 9.57. The summed E-state index contributed by atoms with van der Waals surface area (Å²) in [4.78, 5) is 97.4. The van der Waals surface area contributed by atoms with E-state index in [0.717, 1.165) is 6.92 Å². The summed E-state index contributed by atoms with van der Waals surface area (Å²) in [5.41, 5.74) is -2.99. The molecule has 1 aliphatic heterocycles. The molecule has 5 aromatic rings. The number of hydrogen-bond donors (Lipinski definition) is 5. The highest BCUT2D eigenvalue weighted by Crippen LogP contribution is 2.58. The van der Waals surface area contributed by atoms with Gasteiger partial charge in [0.05, 0.1) is 28.4 Å². The van der Waals surface area contributed by atoms with E-state index in [0.29, 0.717) is 27.8 Å². The second-order valence-electron chi connectivity index (χ2n) is 22.1. The van der Waals surface area contributed by atoms with Gasteiger partial charge in [-0.1, -0.05) is 0 Å². The summed E-state index contributed by atoms with van der Waals surface area (Å²) in [7, 11) is 5.19. The zero-order valence-electron chi connectivity index (χ0n) is 51.5. The van der Waals surface area contributed by atoms with Crippen molar-refractivity contribution in [2.75, 3.05) is 28.4 Å². The molecule has 5 N–H and O–H groups in total. The van der Waals surface area contributed by atoms with Crippen molar-refractivity contribution in [3.05, 3.63) is 122 Å². The van der Waals surface area contributed by atoms with Crippen LogP contribution in [0.5, 0.6) is 57.5 Å². The molecule has 0 radical (unpaired) electrons. The summed E-state index contributed by atoms with van der Waals surface area (Å²) >= 11 is 0. The molecule has 3 atom stereocenters. The van der Waals surface area contributed by atoms with E-state index in [9.17, 15) is 54.3 Å². The first-order valence-electron chi connectivity index (χ1n) is 26.7. The molecule has 0 spiro atoms. The monoisotopic (exact) mass is 1170 g/mol. The lowest BCUT2D eigenvalue weighted by molar-refractivity contribution is -0.297. The third kappa shape index (κ3) is 9.34. The van der Waals surface area contributed by atoms with Gasteiger partial charge in [0.1, 0.15) is 102 Å². The Labute approximate surface area is 490 Å². The molecule has 21 heteroatoms. The summed E-state index contributed by atoms with van der Waals surface area (Å²) in [5, 5.41) is 56.9. The number of fused-ring (bicyclic) bond motifs is 2. The van der Waals surface area contributed by atoms with Crippen LogP contribution in [0.25, 0.3) is 0 Å². The molecule has 0 saturated heterocycles. The number of phenols is 1. The standard InChI is InChI=1S/C64H70O21/c1-23-27(5)46(33(11)51(77-18)40(23)56(67)68)82-59(72)42-25(3)29(7)48(35(13)53(42)79-20)81-58(71)39-31(9)38-22-62(16)55(66)44(37(15)63(17,75)64(62,76)85-50(38)32(10)45(39)65)61(74)84-49-30(8)26(4)43(54(80-21)36(49)14)60(73)83-47-28(6)24(2)41(57(69)70)52(78-19)34(47)12/h65,75-76H,22H2,1-21H3,(H,67,68)(H,69,70)/t62-,63-,64+/m0/s1. The minimum atomic E-state index is -2.82. The van der Waals surface area contributed by atoms with Gasteiger partial charge < -0.3 is 68.2 Å². The van der Waals surface area contributed by atoms with E-state index in [1.54, 1.807) is 69.2 Å². The van der Waals surface area contributed by atoms with Crippen molar-refractivity contribution in [2.45, 2.75) is 136 Å².